The second kappa shape index (κ2) is 6.89. The summed E-state index contributed by atoms with van der Waals surface area (Å²) < 4.78 is 25.0. The molecule has 20 heavy (non-hydrogen) atoms. The minimum absolute atomic E-state index is 0.0351. The van der Waals surface area contributed by atoms with Crippen molar-refractivity contribution in [2.75, 3.05) is 19.3 Å². The molecule has 0 aromatic heterocycles. The number of likely N-dealkylation sites (tertiary alicyclic amines) is 1. The standard InChI is InChI=1S/C14H26N2O3S/c1-20(18,19)15-11-13-9-5-6-10-16(13)14(17)12-7-3-2-4-8-12/h12-13,15H,2-11H2,1H3. The van der Waals surface area contributed by atoms with Crippen LogP contribution < -0.4 is 4.72 Å². The molecule has 1 atom stereocenters. The van der Waals surface area contributed by atoms with Crippen molar-refractivity contribution < 1.29 is 13.2 Å². The lowest BCUT2D eigenvalue weighted by Crippen LogP contribution is -2.51. The van der Waals surface area contributed by atoms with Gasteiger partial charge in [-0.25, -0.2) is 13.1 Å². The molecule has 2 fully saturated rings. The molecule has 2 aliphatic rings. The molecule has 1 amide bonds. The fourth-order valence-electron chi connectivity index (χ4n) is 3.33. The molecule has 0 radical (unpaired) electrons. The highest BCUT2D eigenvalue weighted by Gasteiger charge is 2.32. The molecule has 1 saturated carbocycles. The summed E-state index contributed by atoms with van der Waals surface area (Å²) in [5.74, 6) is 0.423. The molecule has 0 bridgehead atoms. The zero-order valence-electron chi connectivity index (χ0n) is 12.3. The highest BCUT2D eigenvalue weighted by molar-refractivity contribution is 7.88. The van der Waals surface area contributed by atoms with Gasteiger partial charge in [0.25, 0.3) is 0 Å². The van der Waals surface area contributed by atoms with Gasteiger partial charge in [-0.2, -0.15) is 0 Å². The van der Waals surface area contributed by atoms with E-state index in [1.807, 2.05) is 4.90 Å². The van der Waals surface area contributed by atoms with E-state index in [2.05, 4.69) is 4.72 Å². The molecular weight excluding hydrogens is 276 g/mol. The maximum atomic E-state index is 12.6. The van der Waals surface area contributed by atoms with Crippen molar-refractivity contribution in [3.63, 3.8) is 0 Å². The van der Waals surface area contributed by atoms with Crippen LogP contribution in [0.25, 0.3) is 0 Å². The molecule has 1 aliphatic carbocycles. The second-order valence-electron chi connectivity index (χ2n) is 6.14. The van der Waals surface area contributed by atoms with Crippen LogP contribution in [0, 0.1) is 5.92 Å². The maximum absolute atomic E-state index is 12.6. The first-order valence-electron chi connectivity index (χ1n) is 7.72. The first-order valence-corrected chi connectivity index (χ1v) is 9.61. The third-order valence-corrected chi connectivity index (χ3v) is 5.14. The van der Waals surface area contributed by atoms with Crippen LogP contribution in [-0.4, -0.2) is 44.6 Å². The van der Waals surface area contributed by atoms with Gasteiger partial charge in [0.1, 0.15) is 0 Å². The molecule has 0 spiro atoms. The molecule has 2 rings (SSSR count). The van der Waals surface area contributed by atoms with Gasteiger partial charge in [0.05, 0.1) is 6.26 Å². The monoisotopic (exact) mass is 302 g/mol. The number of nitrogens with zero attached hydrogens (tertiary/aromatic N) is 1. The normalized spacial score (nSPS) is 25.6. The van der Waals surface area contributed by atoms with Crippen LogP contribution in [-0.2, 0) is 14.8 Å². The molecule has 116 valence electrons. The number of sulfonamides is 1. The van der Waals surface area contributed by atoms with E-state index in [9.17, 15) is 13.2 Å². The second-order valence-corrected chi connectivity index (χ2v) is 7.97. The lowest BCUT2D eigenvalue weighted by molar-refractivity contribution is -0.140. The van der Waals surface area contributed by atoms with E-state index >= 15 is 0 Å². The van der Waals surface area contributed by atoms with Crippen molar-refractivity contribution in [2.45, 2.75) is 57.4 Å². The first kappa shape index (κ1) is 15.8. The molecule has 5 nitrogen and oxygen atoms in total. The fraction of sp³-hybridized carbons (Fsp3) is 0.929. The number of amides is 1. The summed E-state index contributed by atoms with van der Waals surface area (Å²) in [5, 5.41) is 0. The van der Waals surface area contributed by atoms with Gasteiger partial charge in [0.15, 0.2) is 0 Å². The van der Waals surface area contributed by atoms with E-state index in [1.54, 1.807) is 0 Å². The van der Waals surface area contributed by atoms with Crippen LogP contribution in [0.2, 0.25) is 0 Å². The van der Waals surface area contributed by atoms with Gasteiger partial charge < -0.3 is 4.90 Å². The highest BCUT2D eigenvalue weighted by Crippen LogP contribution is 2.28. The lowest BCUT2D eigenvalue weighted by Gasteiger charge is -2.38. The summed E-state index contributed by atoms with van der Waals surface area (Å²) in [7, 11) is -3.19. The number of rotatable bonds is 4. The predicted molar refractivity (Wildman–Crippen MR) is 78.8 cm³/mol. The zero-order valence-corrected chi connectivity index (χ0v) is 13.1. The Morgan fingerprint density at radius 1 is 1.10 bits per heavy atom. The summed E-state index contributed by atoms with van der Waals surface area (Å²) in [6.45, 7) is 1.14. The lowest BCUT2D eigenvalue weighted by atomic mass is 9.87. The number of nitrogens with one attached hydrogen (secondary N) is 1. The predicted octanol–water partition coefficient (Wildman–Crippen LogP) is 1.50. The Labute approximate surface area is 122 Å². The average Bonchev–Trinajstić information content (AvgIpc) is 2.45. The average molecular weight is 302 g/mol. The van der Waals surface area contributed by atoms with E-state index in [1.165, 1.54) is 12.7 Å². The zero-order chi connectivity index (χ0) is 14.6. The van der Waals surface area contributed by atoms with Crippen LogP contribution in [0.1, 0.15) is 51.4 Å². The molecule has 1 unspecified atom stereocenters. The van der Waals surface area contributed by atoms with Crippen molar-refractivity contribution in [1.29, 1.82) is 0 Å². The minimum atomic E-state index is -3.19. The van der Waals surface area contributed by atoms with E-state index in [0.29, 0.717) is 6.54 Å². The topological polar surface area (TPSA) is 66.5 Å². The molecule has 0 aromatic rings. The molecule has 1 N–H and O–H groups in total. The summed E-state index contributed by atoms with van der Waals surface area (Å²) >= 11 is 0. The molecule has 0 aromatic carbocycles. The quantitative estimate of drug-likeness (QED) is 0.856. The van der Waals surface area contributed by atoms with Gasteiger partial charge >= 0.3 is 0 Å². The fourth-order valence-corrected chi connectivity index (χ4v) is 3.83. The Hall–Kier alpha value is -0.620. The van der Waals surface area contributed by atoms with Crippen molar-refractivity contribution >= 4 is 15.9 Å². The summed E-state index contributed by atoms with van der Waals surface area (Å²) in [5.41, 5.74) is 0. The van der Waals surface area contributed by atoms with Gasteiger partial charge in [0.2, 0.25) is 15.9 Å². The van der Waals surface area contributed by atoms with Crippen LogP contribution in [0.4, 0.5) is 0 Å². The number of piperidine rings is 1. The van der Waals surface area contributed by atoms with Crippen LogP contribution in [0.15, 0.2) is 0 Å². The third kappa shape index (κ3) is 4.45. The summed E-state index contributed by atoms with van der Waals surface area (Å²) in [6.07, 6.45) is 9.72. The Morgan fingerprint density at radius 3 is 2.40 bits per heavy atom. The third-order valence-electron chi connectivity index (χ3n) is 4.45. The summed E-state index contributed by atoms with van der Waals surface area (Å²) in [6, 6.07) is 0.0351. The molecule has 6 heteroatoms. The molecule has 1 aliphatic heterocycles. The first-order chi connectivity index (χ1) is 9.47. The number of carbonyl (C=O) groups excluding carboxylic acids is 1. The number of carbonyl (C=O) groups is 1. The number of hydrogen-bond acceptors (Lipinski definition) is 3. The van der Waals surface area contributed by atoms with E-state index in [4.69, 9.17) is 0 Å². The Balaban J connectivity index is 1.96. The van der Waals surface area contributed by atoms with Crippen molar-refractivity contribution in [1.82, 2.24) is 9.62 Å². The van der Waals surface area contributed by atoms with E-state index in [-0.39, 0.29) is 17.9 Å². The van der Waals surface area contributed by atoms with Crippen LogP contribution >= 0.6 is 0 Å². The van der Waals surface area contributed by atoms with Gasteiger partial charge in [-0.3, -0.25) is 4.79 Å². The number of hydrogen-bond donors (Lipinski definition) is 1. The maximum Gasteiger partial charge on any atom is 0.225 e. The Kier molecular flexibility index (Phi) is 5.43. The van der Waals surface area contributed by atoms with Gasteiger partial charge in [0, 0.05) is 25.0 Å². The van der Waals surface area contributed by atoms with Crippen LogP contribution in [0.3, 0.4) is 0 Å². The molecule has 1 heterocycles. The van der Waals surface area contributed by atoms with Crippen molar-refractivity contribution in [2.24, 2.45) is 5.92 Å². The SMILES string of the molecule is CS(=O)(=O)NCC1CCCCN1C(=O)C1CCCCC1. The van der Waals surface area contributed by atoms with E-state index in [0.717, 1.165) is 51.5 Å². The van der Waals surface area contributed by atoms with Gasteiger partial charge in [-0.05, 0) is 32.1 Å². The van der Waals surface area contributed by atoms with Gasteiger partial charge in [-0.1, -0.05) is 19.3 Å². The van der Waals surface area contributed by atoms with Gasteiger partial charge in [-0.15, -0.1) is 0 Å². The molecule has 1 saturated heterocycles. The Bertz CT molecular complexity index is 430. The minimum Gasteiger partial charge on any atom is -0.338 e. The smallest absolute Gasteiger partial charge is 0.225 e. The Morgan fingerprint density at radius 2 is 1.75 bits per heavy atom. The van der Waals surface area contributed by atoms with E-state index < -0.39 is 10.0 Å². The molecular formula is C14H26N2O3S. The van der Waals surface area contributed by atoms with Crippen LogP contribution in [0.5, 0.6) is 0 Å². The summed E-state index contributed by atoms with van der Waals surface area (Å²) in [4.78, 5) is 14.6. The largest absolute Gasteiger partial charge is 0.338 e. The highest BCUT2D eigenvalue weighted by atomic mass is 32.2. The van der Waals surface area contributed by atoms with Crippen molar-refractivity contribution in [3.05, 3.63) is 0 Å². The van der Waals surface area contributed by atoms with Crippen molar-refractivity contribution in [3.8, 4) is 0 Å².